The number of anilines is 1. The summed E-state index contributed by atoms with van der Waals surface area (Å²) in [7, 11) is 1.60. The van der Waals surface area contributed by atoms with E-state index in [1.807, 2.05) is 25.1 Å². The van der Waals surface area contributed by atoms with E-state index in [1.165, 1.54) is 0 Å². The monoisotopic (exact) mass is 212 g/mol. The van der Waals surface area contributed by atoms with Crippen molar-refractivity contribution >= 4 is 23.2 Å². The van der Waals surface area contributed by atoms with Gasteiger partial charge in [-0.3, -0.25) is 4.79 Å². The number of rotatable bonds is 3. The summed E-state index contributed by atoms with van der Waals surface area (Å²) in [6.45, 7) is 2.21. The summed E-state index contributed by atoms with van der Waals surface area (Å²) in [6, 6.07) is 5.64. The first-order valence-electron chi connectivity index (χ1n) is 4.34. The summed E-state index contributed by atoms with van der Waals surface area (Å²) in [5.74, 6) is -0.0671. The zero-order valence-electron chi connectivity index (χ0n) is 8.23. The lowest BCUT2D eigenvalue weighted by Gasteiger charge is -2.08. The first-order valence-corrected chi connectivity index (χ1v) is 4.72. The number of halogens is 1. The molecule has 2 N–H and O–H groups in total. The molecule has 1 aromatic carbocycles. The van der Waals surface area contributed by atoms with E-state index in [0.717, 1.165) is 11.3 Å². The molecular formula is C10H13ClN2O. The molecule has 3 nitrogen and oxygen atoms in total. The van der Waals surface area contributed by atoms with Crippen LogP contribution >= 0.6 is 11.6 Å². The van der Waals surface area contributed by atoms with Crippen molar-refractivity contribution in [3.8, 4) is 0 Å². The van der Waals surface area contributed by atoms with Crippen LogP contribution in [0.4, 0.5) is 5.69 Å². The summed E-state index contributed by atoms with van der Waals surface area (Å²) in [5.41, 5.74) is 1.89. The highest BCUT2D eigenvalue weighted by Gasteiger charge is 2.01. The third-order valence-electron chi connectivity index (χ3n) is 1.84. The fourth-order valence-electron chi connectivity index (χ4n) is 1.04. The summed E-state index contributed by atoms with van der Waals surface area (Å²) >= 11 is 5.93. The lowest BCUT2D eigenvalue weighted by Crippen LogP contribution is -2.26. The van der Waals surface area contributed by atoms with Crippen LogP contribution in [0, 0.1) is 6.92 Å². The van der Waals surface area contributed by atoms with Gasteiger partial charge in [0.15, 0.2) is 0 Å². The summed E-state index contributed by atoms with van der Waals surface area (Å²) in [4.78, 5) is 11.0. The van der Waals surface area contributed by atoms with E-state index in [2.05, 4.69) is 10.6 Å². The third-order valence-corrected chi connectivity index (χ3v) is 2.17. The van der Waals surface area contributed by atoms with E-state index in [1.54, 1.807) is 7.05 Å². The molecule has 1 rings (SSSR count). The van der Waals surface area contributed by atoms with Gasteiger partial charge < -0.3 is 10.6 Å². The van der Waals surface area contributed by atoms with Crippen molar-refractivity contribution in [1.29, 1.82) is 0 Å². The second-order valence-electron chi connectivity index (χ2n) is 3.01. The maximum atomic E-state index is 11.0. The molecule has 0 aliphatic heterocycles. The van der Waals surface area contributed by atoms with Gasteiger partial charge in [-0.15, -0.1) is 0 Å². The third kappa shape index (κ3) is 2.92. The van der Waals surface area contributed by atoms with Crippen LogP contribution < -0.4 is 10.6 Å². The Morgan fingerprint density at radius 1 is 1.50 bits per heavy atom. The molecule has 0 radical (unpaired) electrons. The van der Waals surface area contributed by atoms with Crippen molar-refractivity contribution < 1.29 is 4.79 Å². The van der Waals surface area contributed by atoms with Crippen LogP contribution in [0.1, 0.15) is 5.56 Å². The van der Waals surface area contributed by atoms with Gasteiger partial charge in [-0.2, -0.15) is 0 Å². The Morgan fingerprint density at radius 2 is 2.21 bits per heavy atom. The van der Waals surface area contributed by atoms with Crippen LogP contribution in [0.5, 0.6) is 0 Å². The number of amides is 1. The number of hydrogen-bond donors (Lipinski definition) is 2. The molecule has 0 heterocycles. The molecule has 0 unspecified atom stereocenters. The van der Waals surface area contributed by atoms with Gasteiger partial charge in [-0.25, -0.2) is 0 Å². The number of carbonyl (C=O) groups is 1. The van der Waals surface area contributed by atoms with Gasteiger partial charge in [0.2, 0.25) is 5.91 Å². The van der Waals surface area contributed by atoms with Crippen molar-refractivity contribution in [2.24, 2.45) is 0 Å². The summed E-state index contributed by atoms with van der Waals surface area (Å²) in [5, 5.41) is 6.11. The van der Waals surface area contributed by atoms with E-state index >= 15 is 0 Å². The first kappa shape index (κ1) is 10.9. The highest BCUT2D eigenvalue weighted by atomic mass is 35.5. The molecule has 76 valence electrons. The minimum absolute atomic E-state index is 0.0671. The van der Waals surface area contributed by atoms with Crippen molar-refractivity contribution in [3.63, 3.8) is 0 Å². The SMILES string of the molecule is CNC(=O)CNc1cc(C)ccc1Cl. The molecule has 0 bridgehead atoms. The van der Waals surface area contributed by atoms with Gasteiger partial charge >= 0.3 is 0 Å². The van der Waals surface area contributed by atoms with Crippen molar-refractivity contribution in [2.45, 2.75) is 6.92 Å². The van der Waals surface area contributed by atoms with Gasteiger partial charge in [-0.1, -0.05) is 17.7 Å². The Morgan fingerprint density at radius 3 is 2.86 bits per heavy atom. The van der Waals surface area contributed by atoms with Crippen LogP contribution in [-0.4, -0.2) is 19.5 Å². The zero-order valence-corrected chi connectivity index (χ0v) is 8.98. The van der Waals surface area contributed by atoms with E-state index in [-0.39, 0.29) is 12.5 Å². The lowest BCUT2D eigenvalue weighted by atomic mass is 10.2. The van der Waals surface area contributed by atoms with Gasteiger partial charge in [-0.05, 0) is 24.6 Å². The zero-order chi connectivity index (χ0) is 10.6. The molecule has 0 atom stereocenters. The second-order valence-corrected chi connectivity index (χ2v) is 3.42. The van der Waals surface area contributed by atoms with Gasteiger partial charge in [0, 0.05) is 7.05 Å². The van der Waals surface area contributed by atoms with Crippen LogP contribution in [0.25, 0.3) is 0 Å². The number of nitrogens with one attached hydrogen (secondary N) is 2. The standard InChI is InChI=1S/C10H13ClN2O/c1-7-3-4-8(11)9(5-7)13-6-10(14)12-2/h3-5,13H,6H2,1-2H3,(H,12,14). The maximum absolute atomic E-state index is 11.0. The molecule has 0 spiro atoms. The quantitative estimate of drug-likeness (QED) is 0.803. The number of benzene rings is 1. The Labute approximate surface area is 88.5 Å². The number of likely N-dealkylation sites (N-methyl/N-ethyl adjacent to an activating group) is 1. The van der Waals surface area contributed by atoms with E-state index in [0.29, 0.717) is 5.02 Å². The smallest absolute Gasteiger partial charge is 0.239 e. The Kier molecular flexibility index (Phi) is 3.77. The van der Waals surface area contributed by atoms with E-state index in [4.69, 9.17) is 11.6 Å². The number of hydrogen-bond acceptors (Lipinski definition) is 2. The molecule has 1 aromatic rings. The van der Waals surface area contributed by atoms with E-state index < -0.39 is 0 Å². The molecular weight excluding hydrogens is 200 g/mol. The average molecular weight is 213 g/mol. The predicted octanol–water partition coefficient (Wildman–Crippen LogP) is 1.81. The van der Waals surface area contributed by atoms with Crippen LogP contribution in [0.15, 0.2) is 18.2 Å². The summed E-state index contributed by atoms with van der Waals surface area (Å²) < 4.78 is 0. The lowest BCUT2D eigenvalue weighted by molar-refractivity contribution is -0.118. The summed E-state index contributed by atoms with van der Waals surface area (Å²) in [6.07, 6.45) is 0. The molecule has 0 aromatic heterocycles. The maximum Gasteiger partial charge on any atom is 0.239 e. The molecule has 0 aliphatic rings. The highest BCUT2D eigenvalue weighted by Crippen LogP contribution is 2.22. The molecule has 0 aliphatic carbocycles. The van der Waals surface area contributed by atoms with Gasteiger partial charge in [0.25, 0.3) is 0 Å². The predicted molar refractivity (Wildman–Crippen MR) is 58.7 cm³/mol. The van der Waals surface area contributed by atoms with Crippen molar-refractivity contribution in [3.05, 3.63) is 28.8 Å². The van der Waals surface area contributed by atoms with Gasteiger partial charge in [0.1, 0.15) is 0 Å². The average Bonchev–Trinajstić information content (AvgIpc) is 2.19. The second kappa shape index (κ2) is 4.86. The van der Waals surface area contributed by atoms with Crippen LogP contribution in [-0.2, 0) is 4.79 Å². The fourth-order valence-corrected chi connectivity index (χ4v) is 1.22. The highest BCUT2D eigenvalue weighted by molar-refractivity contribution is 6.33. The molecule has 1 amide bonds. The minimum Gasteiger partial charge on any atom is -0.375 e. The first-order chi connectivity index (χ1) is 6.63. The largest absolute Gasteiger partial charge is 0.375 e. The number of carbonyl (C=O) groups excluding carboxylic acids is 1. The van der Waals surface area contributed by atoms with Crippen LogP contribution in [0.3, 0.4) is 0 Å². The van der Waals surface area contributed by atoms with Crippen molar-refractivity contribution in [1.82, 2.24) is 5.32 Å². The Hall–Kier alpha value is -1.22. The molecule has 0 saturated carbocycles. The molecule has 0 fully saturated rings. The van der Waals surface area contributed by atoms with E-state index in [9.17, 15) is 4.79 Å². The normalized spacial score (nSPS) is 9.64. The molecule has 0 saturated heterocycles. The topological polar surface area (TPSA) is 41.1 Å². The Bertz CT molecular complexity index is 339. The number of aryl methyl sites for hydroxylation is 1. The van der Waals surface area contributed by atoms with Crippen molar-refractivity contribution in [2.75, 3.05) is 18.9 Å². The Balaban J connectivity index is 2.66. The fraction of sp³-hybridized carbons (Fsp3) is 0.300. The minimum atomic E-state index is -0.0671. The molecule has 14 heavy (non-hydrogen) atoms. The van der Waals surface area contributed by atoms with Gasteiger partial charge in [0.05, 0.1) is 17.3 Å². The van der Waals surface area contributed by atoms with Crippen LogP contribution in [0.2, 0.25) is 5.02 Å². The molecule has 4 heteroatoms.